The second kappa shape index (κ2) is 23.0. The quantitative estimate of drug-likeness (QED) is 0.0433. The van der Waals surface area contributed by atoms with Gasteiger partial charge in [-0.25, -0.2) is 4.79 Å². The number of ether oxygens (including phenoxy) is 6. The molecule has 4 aromatic carbocycles. The number of aliphatic hydroxyl groups excluding tert-OH is 2. The van der Waals surface area contributed by atoms with Gasteiger partial charge < -0.3 is 53.7 Å². The SMILES string of the molecule is C=CCO[C@@]12Oc3ccc(OC(=O)NCc4ccccc4)cc3[C@H]3[C@H](CCCCO)[C@@H](CCCCO)C=C(C(=NOC4CCCCO4)C[C@@H]1N(Cc1ccc4c(c1)OCO4)C(=O)c1ccc(C#N)cc1)[C@H]32. The van der Waals surface area contributed by atoms with Gasteiger partial charge >= 0.3 is 6.09 Å². The van der Waals surface area contributed by atoms with Gasteiger partial charge in [-0.05, 0) is 122 Å². The summed E-state index contributed by atoms with van der Waals surface area (Å²) in [5.41, 5.74) is 4.71. The Kier molecular flexibility index (Phi) is 16.0. The van der Waals surface area contributed by atoms with Crippen molar-refractivity contribution in [1.29, 1.82) is 5.26 Å². The van der Waals surface area contributed by atoms with Crippen molar-refractivity contribution in [2.24, 2.45) is 22.9 Å². The largest absolute Gasteiger partial charge is 0.459 e. The number of carbonyl (C=O) groups excluding carboxylic acids is 2. The molecule has 15 heteroatoms. The van der Waals surface area contributed by atoms with E-state index < -0.39 is 30.1 Å². The summed E-state index contributed by atoms with van der Waals surface area (Å²) in [6.45, 7) is 5.21. The molecule has 2 amide bonds. The Morgan fingerprint density at radius 3 is 2.46 bits per heavy atom. The van der Waals surface area contributed by atoms with E-state index in [0.29, 0.717) is 72.1 Å². The number of fused-ring (bicyclic) bond motifs is 3. The van der Waals surface area contributed by atoms with Crippen LogP contribution in [0, 0.1) is 29.1 Å². The fraction of sp³-hybridized carbons (Fsp3) is 0.429. The third kappa shape index (κ3) is 11.0. The van der Waals surface area contributed by atoms with Gasteiger partial charge in [0.1, 0.15) is 17.5 Å². The highest BCUT2D eigenvalue weighted by atomic mass is 16.8. The van der Waals surface area contributed by atoms with Gasteiger partial charge in [0.25, 0.3) is 5.91 Å². The zero-order valence-corrected chi connectivity index (χ0v) is 39.9. The molecule has 2 fully saturated rings. The Hall–Kier alpha value is -6.70. The van der Waals surface area contributed by atoms with Crippen molar-refractivity contribution in [1.82, 2.24) is 10.2 Å². The number of nitrogens with zero attached hydrogens (tertiary/aromatic N) is 3. The van der Waals surface area contributed by atoms with Crippen LogP contribution in [0.5, 0.6) is 23.0 Å². The Balaban J connectivity index is 1.22. The van der Waals surface area contributed by atoms with Crippen LogP contribution in [0.15, 0.2) is 120 Å². The van der Waals surface area contributed by atoms with Gasteiger partial charge in [-0.2, -0.15) is 5.26 Å². The zero-order chi connectivity index (χ0) is 49.2. The van der Waals surface area contributed by atoms with Crippen molar-refractivity contribution in [2.75, 3.05) is 33.2 Å². The molecule has 9 rings (SSSR count). The van der Waals surface area contributed by atoms with Crippen LogP contribution < -0.4 is 24.3 Å². The maximum atomic E-state index is 15.6. The molecule has 1 saturated heterocycles. The highest BCUT2D eigenvalue weighted by Crippen LogP contribution is 2.62. The number of rotatable bonds is 20. The number of hydrogen-bond acceptors (Lipinski definition) is 13. The molecule has 71 heavy (non-hydrogen) atoms. The van der Waals surface area contributed by atoms with Crippen LogP contribution in [0.3, 0.4) is 0 Å². The molecule has 3 aliphatic heterocycles. The summed E-state index contributed by atoms with van der Waals surface area (Å²) in [6.07, 6.45) is 9.59. The second-order valence-electron chi connectivity index (χ2n) is 18.7. The van der Waals surface area contributed by atoms with Crippen molar-refractivity contribution in [2.45, 2.75) is 101 Å². The Morgan fingerprint density at radius 2 is 1.70 bits per heavy atom. The third-order valence-electron chi connectivity index (χ3n) is 14.2. The molecule has 0 radical (unpaired) electrons. The first-order valence-electron chi connectivity index (χ1n) is 24.9. The summed E-state index contributed by atoms with van der Waals surface area (Å²) in [5.74, 6) is -1.07. The van der Waals surface area contributed by atoms with Crippen LogP contribution in [0.25, 0.3) is 0 Å². The number of unbranched alkanes of at least 4 members (excludes halogenated alkanes) is 2. The molecule has 1 unspecified atom stereocenters. The first-order chi connectivity index (χ1) is 34.8. The molecule has 0 spiro atoms. The van der Waals surface area contributed by atoms with Gasteiger partial charge in [0.05, 0.1) is 36.5 Å². The van der Waals surface area contributed by atoms with Crippen molar-refractivity contribution in [3.8, 4) is 29.1 Å². The summed E-state index contributed by atoms with van der Waals surface area (Å²) in [6, 6.07) is 28.4. The molecule has 2 aliphatic carbocycles. The molecule has 15 nitrogen and oxygen atoms in total. The van der Waals surface area contributed by atoms with Crippen molar-refractivity contribution in [3.63, 3.8) is 0 Å². The Morgan fingerprint density at radius 1 is 0.915 bits per heavy atom. The van der Waals surface area contributed by atoms with E-state index in [1.165, 1.54) is 0 Å². The van der Waals surface area contributed by atoms with Crippen LogP contribution in [-0.4, -0.2) is 84.2 Å². The molecule has 1 saturated carbocycles. The van der Waals surface area contributed by atoms with Crippen LogP contribution >= 0.6 is 0 Å². The minimum Gasteiger partial charge on any atom is -0.459 e. The van der Waals surface area contributed by atoms with Crippen LogP contribution in [0.4, 0.5) is 4.79 Å². The molecule has 3 heterocycles. The maximum Gasteiger partial charge on any atom is 0.412 e. The summed E-state index contributed by atoms with van der Waals surface area (Å²) in [4.78, 5) is 37.1. The standard InChI is InChI=1S/C56H62N4O11/c1-2-27-68-56-50(60(54(63)40-20-17-37(33-57)18-21-40)35-39-19-23-48-49(29-39)67-36-66-48)32-46(59-71-51-16-8-11-28-65-51)44-30-41(14-6-9-25-61)43(15-7-10-26-62)52(53(44)56)45-31-42(22-24-47(45)70-56)69-55(64)58-34-38-12-4-3-5-13-38/h2-5,12-13,17-24,29-31,41,43,50-53,61-62H,1,6-11,14-16,25-28,32,34-36H2,(H,58,64)/t41-,43+,50-,51?,52+,53+,56+/m0/s1. The molecule has 3 N–H and O–H groups in total. The van der Waals surface area contributed by atoms with Crippen LogP contribution in [0.2, 0.25) is 0 Å². The van der Waals surface area contributed by atoms with Gasteiger partial charge in [0.2, 0.25) is 18.9 Å². The summed E-state index contributed by atoms with van der Waals surface area (Å²) < 4.78 is 38.2. The average Bonchev–Trinajstić information content (AvgIpc) is 3.88. The van der Waals surface area contributed by atoms with E-state index >= 15 is 4.79 Å². The number of amides is 2. The fourth-order valence-electron chi connectivity index (χ4n) is 11.0. The van der Waals surface area contributed by atoms with Crippen molar-refractivity contribution >= 4 is 17.7 Å². The predicted molar refractivity (Wildman–Crippen MR) is 263 cm³/mol. The molecule has 0 bridgehead atoms. The van der Waals surface area contributed by atoms with E-state index in [0.717, 1.165) is 54.4 Å². The van der Waals surface area contributed by atoms with Crippen LogP contribution in [0.1, 0.15) is 103 Å². The minimum atomic E-state index is -1.59. The van der Waals surface area contributed by atoms with Gasteiger partial charge in [0, 0.05) is 56.2 Å². The molecule has 4 aromatic rings. The van der Waals surface area contributed by atoms with Gasteiger partial charge in [0.15, 0.2) is 11.5 Å². The van der Waals surface area contributed by atoms with E-state index in [9.17, 15) is 20.3 Å². The first-order valence-corrected chi connectivity index (χ1v) is 24.9. The highest BCUT2D eigenvalue weighted by molar-refractivity contribution is 6.03. The number of allylic oxidation sites excluding steroid dienone is 1. The number of hydrogen-bond donors (Lipinski definition) is 3. The van der Waals surface area contributed by atoms with Gasteiger partial charge in [-0.1, -0.05) is 66.5 Å². The smallest absolute Gasteiger partial charge is 0.412 e. The molecule has 0 aromatic heterocycles. The lowest BCUT2D eigenvalue weighted by Crippen LogP contribution is -2.70. The van der Waals surface area contributed by atoms with E-state index in [1.54, 1.807) is 41.3 Å². The third-order valence-corrected chi connectivity index (χ3v) is 14.2. The molecule has 372 valence electrons. The van der Waals surface area contributed by atoms with Gasteiger partial charge in [-0.15, -0.1) is 6.58 Å². The van der Waals surface area contributed by atoms with E-state index in [1.807, 2.05) is 60.7 Å². The second-order valence-corrected chi connectivity index (χ2v) is 18.7. The summed E-state index contributed by atoms with van der Waals surface area (Å²) in [7, 11) is 0. The predicted octanol–water partition coefficient (Wildman–Crippen LogP) is 9.08. The fourth-order valence-corrected chi connectivity index (χ4v) is 11.0. The lowest BCUT2D eigenvalue weighted by atomic mass is 9.55. The summed E-state index contributed by atoms with van der Waals surface area (Å²) >= 11 is 0. The lowest BCUT2D eigenvalue weighted by molar-refractivity contribution is -0.255. The molecular formula is C56H62N4O11. The van der Waals surface area contributed by atoms with E-state index in [4.69, 9.17) is 38.4 Å². The Bertz CT molecular complexity index is 2610. The Labute approximate surface area is 414 Å². The average molecular weight is 967 g/mol. The van der Waals surface area contributed by atoms with Crippen molar-refractivity contribution < 1.29 is 53.1 Å². The highest BCUT2D eigenvalue weighted by Gasteiger charge is 2.65. The number of oxime groups is 1. The lowest BCUT2D eigenvalue weighted by Gasteiger charge is -2.60. The van der Waals surface area contributed by atoms with E-state index in [2.05, 4.69) is 24.0 Å². The van der Waals surface area contributed by atoms with E-state index in [-0.39, 0.29) is 69.8 Å². The first kappa shape index (κ1) is 49.3. The number of nitriles is 1. The van der Waals surface area contributed by atoms with Gasteiger partial charge in [-0.3, -0.25) is 4.79 Å². The summed E-state index contributed by atoms with van der Waals surface area (Å²) in [5, 5.41) is 37.7. The minimum absolute atomic E-state index is 0.0315. The number of nitrogens with one attached hydrogen (secondary N) is 1. The molecule has 5 aliphatic rings. The molecular weight excluding hydrogens is 905 g/mol. The maximum absolute atomic E-state index is 15.6. The topological polar surface area (TPSA) is 191 Å². The normalized spacial score (nSPS) is 24.3. The molecule has 7 atom stereocenters. The van der Waals surface area contributed by atoms with Crippen molar-refractivity contribution in [3.05, 3.63) is 143 Å². The van der Waals surface area contributed by atoms with Crippen LogP contribution in [-0.2, 0) is 27.4 Å². The monoisotopic (exact) mass is 966 g/mol. The number of carbonyl (C=O) groups is 2. The zero-order valence-electron chi connectivity index (χ0n) is 39.9. The number of benzene rings is 4. The number of aliphatic hydroxyl groups is 2.